The predicted octanol–water partition coefficient (Wildman–Crippen LogP) is 1.25. The van der Waals surface area contributed by atoms with Crippen LogP contribution in [0, 0.1) is 5.41 Å². The van der Waals surface area contributed by atoms with Crippen molar-refractivity contribution in [2.24, 2.45) is 11.1 Å². The standard InChI is InChI=1S/C12H26N2O2/c1-5-14(8-6-11(15)16-4)9-7-12(2,3)10-13/h5-10,13H2,1-4H3. The molecule has 0 aliphatic heterocycles. The molecule has 0 aromatic heterocycles. The lowest BCUT2D eigenvalue weighted by molar-refractivity contribution is -0.140. The summed E-state index contributed by atoms with van der Waals surface area (Å²) < 4.78 is 4.63. The molecule has 0 aromatic rings. The molecule has 0 saturated carbocycles. The van der Waals surface area contributed by atoms with Crippen molar-refractivity contribution in [3.63, 3.8) is 0 Å². The maximum Gasteiger partial charge on any atom is 0.306 e. The third-order valence-electron chi connectivity index (χ3n) is 2.96. The van der Waals surface area contributed by atoms with Crippen LogP contribution < -0.4 is 5.73 Å². The van der Waals surface area contributed by atoms with Crippen molar-refractivity contribution >= 4 is 5.97 Å². The first kappa shape index (κ1) is 15.4. The molecule has 0 bridgehead atoms. The van der Waals surface area contributed by atoms with Crippen LogP contribution in [-0.2, 0) is 9.53 Å². The first-order valence-corrected chi connectivity index (χ1v) is 5.94. The molecule has 0 saturated heterocycles. The van der Waals surface area contributed by atoms with Gasteiger partial charge in [0.05, 0.1) is 13.5 Å². The predicted molar refractivity (Wildman–Crippen MR) is 66.2 cm³/mol. The van der Waals surface area contributed by atoms with Crippen molar-refractivity contribution in [3.8, 4) is 0 Å². The summed E-state index contributed by atoms with van der Waals surface area (Å²) in [7, 11) is 1.43. The van der Waals surface area contributed by atoms with E-state index in [1.165, 1.54) is 7.11 Å². The Morgan fingerprint density at radius 3 is 2.44 bits per heavy atom. The molecule has 96 valence electrons. The van der Waals surface area contributed by atoms with E-state index in [1.54, 1.807) is 0 Å². The van der Waals surface area contributed by atoms with E-state index in [0.29, 0.717) is 13.0 Å². The number of nitrogens with zero attached hydrogens (tertiary/aromatic N) is 1. The Labute approximate surface area is 99.1 Å². The summed E-state index contributed by atoms with van der Waals surface area (Å²) in [4.78, 5) is 13.3. The van der Waals surface area contributed by atoms with Gasteiger partial charge in [0.25, 0.3) is 0 Å². The van der Waals surface area contributed by atoms with E-state index in [-0.39, 0.29) is 11.4 Å². The van der Waals surface area contributed by atoms with Crippen molar-refractivity contribution in [3.05, 3.63) is 0 Å². The van der Waals surface area contributed by atoms with Crippen LogP contribution in [0.2, 0.25) is 0 Å². The van der Waals surface area contributed by atoms with Crippen molar-refractivity contribution in [2.75, 3.05) is 33.3 Å². The summed E-state index contributed by atoms with van der Waals surface area (Å²) in [6.07, 6.45) is 1.52. The quantitative estimate of drug-likeness (QED) is 0.638. The molecule has 4 heteroatoms. The van der Waals surface area contributed by atoms with Gasteiger partial charge in [0.1, 0.15) is 0 Å². The summed E-state index contributed by atoms with van der Waals surface area (Å²) in [5.74, 6) is -0.142. The van der Waals surface area contributed by atoms with Crippen LogP contribution in [0.5, 0.6) is 0 Å². The number of nitrogens with two attached hydrogens (primary N) is 1. The van der Waals surface area contributed by atoms with Crippen molar-refractivity contribution in [1.82, 2.24) is 4.90 Å². The normalized spacial score (nSPS) is 11.9. The van der Waals surface area contributed by atoms with E-state index in [1.807, 2.05) is 0 Å². The molecule has 2 N–H and O–H groups in total. The number of methoxy groups -OCH3 is 1. The molecule has 0 fully saturated rings. The van der Waals surface area contributed by atoms with Crippen LogP contribution in [0.15, 0.2) is 0 Å². The third-order valence-corrected chi connectivity index (χ3v) is 2.96. The molecule has 0 amide bonds. The Balaban J connectivity index is 3.88. The topological polar surface area (TPSA) is 55.6 Å². The van der Waals surface area contributed by atoms with Gasteiger partial charge >= 0.3 is 5.97 Å². The Morgan fingerprint density at radius 1 is 1.38 bits per heavy atom. The number of ether oxygens (including phenoxy) is 1. The van der Waals surface area contributed by atoms with Gasteiger partial charge in [-0.05, 0) is 31.5 Å². The van der Waals surface area contributed by atoms with Crippen LogP contribution in [0.1, 0.15) is 33.6 Å². The number of hydrogen-bond acceptors (Lipinski definition) is 4. The number of rotatable bonds is 8. The van der Waals surface area contributed by atoms with E-state index in [2.05, 4.69) is 30.4 Å². The first-order valence-electron chi connectivity index (χ1n) is 5.94. The number of hydrogen-bond donors (Lipinski definition) is 1. The van der Waals surface area contributed by atoms with E-state index >= 15 is 0 Å². The lowest BCUT2D eigenvalue weighted by atomic mass is 9.89. The highest BCUT2D eigenvalue weighted by Crippen LogP contribution is 2.18. The molecule has 0 radical (unpaired) electrons. The highest BCUT2D eigenvalue weighted by Gasteiger charge is 2.17. The number of carbonyl (C=O) groups excluding carboxylic acids is 1. The van der Waals surface area contributed by atoms with Crippen LogP contribution in [0.3, 0.4) is 0 Å². The van der Waals surface area contributed by atoms with Gasteiger partial charge in [-0.2, -0.15) is 0 Å². The SMILES string of the molecule is CCN(CCC(=O)OC)CCC(C)(C)CN. The molecular weight excluding hydrogens is 204 g/mol. The van der Waals surface area contributed by atoms with E-state index < -0.39 is 0 Å². The molecule has 0 rings (SSSR count). The van der Waals surface area contributed by atoms with E-state index in [0.717, 1.165) is 26.1 Å². The Kier molecular flexibility index (Phi) is 7.34. The largest absolute Gasteiger partial charge is 0.469 e. The fraction of sp³-hybridized carbons (Fsp3) is 0.917. The van der Waals surface area contributed by atoms with Crippen LogP contribution >= 0.6 is 0 Å². The van der Waals surface area contributed by atoms with Gasteiger partial charge < -0.3 is 15.4 Å². The molecule has 0 unspecified atom stereocenters. The molecular formula is C12H26N2O2. The summed E-state index contributed by atoms with van der Waals surface area (Å²) in [5, 5.41) is 0. The highest BCUT2D eigenvalue weighted by atomic mass is 16.5. The lowest BCUT2D eigenvalue weighted by Crippen LogP contribution is -2.33. The summed E-state index contributed by atoms with van der Waals surface area (Å²) in [6, 6.07) is 0. The second-order valence-electron chi connectivity index (χ2n) is 4.88. The Morgan fingerprint density at radius 2 is 2.00 bits per heavy atom. The van der Waals surface area contributed by atoms with Gasteiger partial charge in [-0.25, -0.2) is 0 Å². The molecule has 16 heavy (non-hydrogen) atoms. The van der Waals surface area contributed by atoms with Gasteiger partial charge in [-0.15, -0.1) is 0 Å². The van der Waals surface area contributed by atoms with Gasteiger partial charge in [-0.3, -0.25) is 4.79 Å². The zero-order valence-electron chi connectivity index (χ0n) is 11.1. The number of esters is 1. The van der Waals surface area contributed by atoms with Crippen LogP contribution in [-0.4, -0.2) is 44.2 Å². The highest BCUT2D eigenvalue weighted by molar-refractivity contribution is 5.69. The lowest BCUT2D eigenvalue weighted by Gasteiger charge is -2.27. The Hall–Kier alpha value is -0.610. The van der Waals surface area contributed by atoms with Gasteiger partial charge in [0.2, 0.25) is 0 Å². The van der Waals surface area contributed by atoms with Crippen LogP contribution in [0.4, 0.5) is 0 Å². The molecule has 0 aromatic carbocycles. The number of carbonyl (C=O) groups is 1. The van der Waals surface area contributed by atoms with Crippen molar-refractivity contribution < 1.29 is 9.53 Å². The molecule has 0 heterocycles. The monoisotopic (exact) mass is 230 g/mol. The second-order valence-corrected chi connectivity index (χ2v) is 4.88. The fourth-order valence-electron chi connectivity index (χ4n) is 1.34. The Bertz CT molecular complexity index is 205. The minimum absolute atomic E-state index is 0.142. The molecule has 0 aliphatic carbocycles. The van der Waals surface area contributed by atoms with Crippen molar-refractivity contribution in [2.45, 2.75) is 33.6 Å². The smallest absolute Gasteiger partial charge is 0.306 e. The second kappa shape index (κ2) is 7.63. The molecule has 0 aliphatic rings. The van der Waals surface area contributed by atoms with Gasteiger partial charge in [-0.1, -0.05) is 20.8 Å². The van der Waals surface area contributed by atoms with E-state index in [4.69, 9.17) is 5.73 Å². The van der Waals surface area contributed by atoms with E-state index in [9.17, 15) is 4.79 Å². The maximum atomic E-state index is 11.0. The maximum absolute atomic E-state index is 11.0. The molecule has 4 nitrogen and oxygen atoms in total. The van der Waals surface area contributed by atoms with Gasteiger partial charge in [0.15, 0.2) is 0 Å². The summed E-state index contributed by atoms with van der Waals surface area (Å²) in [5.41, 5.74) is 5.86. The first-order chi connectivity index (χ1) is 7.45. The average molecular weight is 230 g/mol. The molecule has 0 atom stereocenters. The van der Waals surface area contributed by atoms with Crippen molar-refractivity contribution in [1.29, 1.82) is 0 Å². The van der Waals surface area contributed by atoms with Crippen LogP contribution in [0.25, 0.3) is 0 Å². The zero-order valence-corrected chi connectivity index (χ0v) is 11.1. The minimum Gasteiger partial charge on any atom is -0.469 e. The third kappa shape index (κ3) is 6.80. The fourth-order valence-corrected chi connectivity index (χ4v) is 1.34. The van der Waals surface area contributed by atoms with Gasteiger partial charge in [0, 0.05) is 6.54 Å². The molecule has 0 spiro atoms. The summed E-state index contributed by atoms with van der Waals surface area (Å²) >= 11 is 0. The minimum atomic E-state index is -0.142. The average Bonchev–Trinajstić information content (AvgIpc) is 2.28. The zero-order chi connectivity index (χ0) is 12.6. The summed E-state index contributed by atoms with van der Waals surface area (Å²) in [6.45, 7) is 9.84.